The summed E-state index contributed by atoms with van der Waals surface area (Å²) in [6, 6.07) is 53.5. The fourth-order valence-corrected chi connectivity index (χ4v) is 14.9. The summed E-state index contributed by atoms with van der Waals surface area (Å²) in [6.45, 7) is 30.7. The summed E-state index contributed by atoms with van der Waals surface area (Å²) in [5, 5.41) is 6.19. The van der Waals surface area contributed by atoms with Gasteiger partial charge in [-0.2, -0.15) is 0 Å². The number of imide groups is 2. The highest BCUT2D eigenvalue weighted by atomic mass is 16.2. The standard InChI is InChI=1S/C80H74N2O4/c1-41(2)51-31-21-25-47(13)65(51)61-37-57-58-38-62(66-48(14)26-22-32-52(66)42(3)4)72-76-70(58)60(40-64(68-55(45(9)10)35-24-36-56(68)46(11)12)74(76)80(86)82(78(72)84)50-29-19-16-20-30-50)59-39-63(67-53(43(5)6)33-23-34-54(67)44(7)8)73-75(69(57)59)71(61)77(83)81(79(73)85)49-27-17-15-18-28-49/h15-46H,1-14H3. The Hall–Kier alpha value is -9.00. The summed E-state index contributed by atoms with van der Waals surface area (Å²) < 4.78 is 0. The Bertz CT molecular complexity index is 4340. The molecule has 0 atom stereocenters. The number of hydrogen-bond acceptors (Lipinski definition) is 4. The highest BCUT2D eigenvalue weighted by molar-refractivity contribution is 6.49. The molecule has 0 bridgehead atoms. The normalized spacial score (nSPS) is 13.7. The van der Waals surface area contributed by atoms with Gasteiger partial charge in [-0.25, -0.2) is 9.80 Å². The number of fused-ring (bicyclic) bond motifs is 2. The van der Waals surface area contributed by atoms with Crippen LogP contribution in [0.3, 0.4) is 0 Å². The molecule has 4 amide bonds. The van der Waals surface area contributed by atoms with Crippen LogP contribution in [0.5, 0.6) is 0 Å². The smallest absolute Gasteiger partial charge is 0.266 e. The second-order valence-electron chi connectivity index (χ2n) is 26.1. The summed E-state index contributed by atoms with van der Waals surface area (Å²) >= 11 is 0. The van der Waals surface area contributed by atoms with Gasteiger partial charge in [-0.05, 0) is 219 Å². The van der Waals surface area contributed by atoms with Crippen molar-refractivity contribution in [1.29, 1.82) is 0 Å². The molecule has 6 nitrogen and oxygen atoms in total. The number of amides is 4. The van der Waals surface area contributed by atoms with Gasteiger partial charge in [0.15, 0.2) is 0 Å². The molecule has 428 valence electrons. The molecule has 2 heterocycles. The Kier molecular flexibility index (Phi) is 13.6. The van der Waals surface area contributed by atoms with Gasteiger partial charge in [0.2, 0.25) is 0 Å². The van der Waals surface area contributed by atoms with Gasteiger partial charge >= 0.3 is 0 Å². The van der Waals surface area contributed by atoms with Gasteiger partial charge in [0.1, 0.15) is 0 Å². The van der Waals surface area contributed by atoms with Crippen molar-refractivity contribution in [1.82, 2.24) is 0 Å². The molecule has 0 fully saturated rings. The number of aryl methyl sites for hydroxylation is 2. The monoisotopic (exact) mass is 1130 g/mol. The molecule has 0 aliphatic carbocycles. The van der Waals surface area contributed by atoms with E-state index < -0.39 is 0 Å². The number of para-hydroxylation sites is 2. The molecular weight excluding hydrogens is 1050 g/mol. The van der Waals surface area contributed by atoms with Gasteiger partial charge in [0, 0.05) is 10.8 Å². The lowest BCUT2D eigenvalue weighted by molar-refractivity contribution is 0.0878. The van der Waals surface area contributed by atoms with E-state index in [1.165, 1.54) is 9.80 Å². The third-order valence-electron chi connectivity index (χ3n) is 18.8. The minimum atomic E-state index is -0.388. The highest BCUT2D eigenvalue weighted by Gasteiger charge is 2.44. The van der Waals surface area contributed by atoms with Crippen molar-refractivity contribution >= 4 is 78.1 Å². The summed E-state index contributed by atoms with van der Waals surface area (Å²) in [5.74, 6) is -1.22. The average Bonchev–Trinajstić information content (AvgIpc) is 0.676. The van der Waals surface area contributed by atoms with E-state index in [-0.39, 0.29) is 59.1 Å². The fraction of sp³-hybridized carbons (Fsp3) is 0.250. The van der Waals surface area contributed by atoms with Gasteiger partial charge in [0.25, 0.3) is 23.6 Å². The number of rotatable bonds is 12. The first-order valence-corrected chi connectivity index (χ1v) is 30.9. The Morgan fingerprint density at radius 1 is 0.256 bits per heavy atom. The van der Waals surface area contributed by atoms with Crippen molar-refractivity contribution in [3.63, 3.8) is 0 Å². The van der Waals surface area contributed by atoms with Crippen molar-refractivity contribution in [2.45, 2.75) is 132 Å². The van der Waals surface area contributed by atoms with Crippen LogP contribution in [0.4, 0.5) is 11.4 Å². The molecule has 11 aromatic carbocycles. The van der Waals surface area contributed by atoms with E-state index in [2.05, 4.69) is 194 Å². The average molecular weight is 1130 g/mol. The number of benzene rings is 11. The van der Waals surface area contributed by atoms with E-state index in [1.807, 2.05) is 60.7 Å². The molecule has 0 saturated heterocycles. The van der Waals surface area contributed by atoms with Crippen LogP contribution in [0, 0.1) is 13.8 Å². The van der Waals surface area contributed by atoms with Gasteiger partial charge in [0.05, 0.1) is 33.6 Å². The first kappa shape index (κ1) is 56.1. The molecule has 11 aromatic rings. The summed E-state index contributed by atoms with van der Waals surface area (Å²) in [4.78, 5) is 69.2. The Labute approximate surface area is 505 Å². The van der Waals surface area contributed by atoms with Crippen LogP contribution in [-0.4, -0.2) is 23.6 Å². The SMILES string of the molecule is Cc1cccc(C(C)C)c1-c1cc2c3cc(-c4c(C)cccc4C(C)C)c4c5c(c(-c6c(C(C)C)cccc6C(C)C)cc(c6cc(-c7c(C(C)C)cccc7C(C)C)c7c(c1C(=O)N(c1ccccc1)C7=O)c26)c53)C(=O)N(c1ccccc1)C4=O. The molecular formula is C80H74N2O4. The van der Waals surface area contributed by atoms with E-state index in [4.69, 9.17) is 0 Å². The largest absolute Gasteiger partial charge is 0.268 e. The molecule has 0 saturated carbocycles. The van der Waals surface area contributed by atoms with Crippen LogP contribution in [0.1, 0.15) is 205 Å². The van der Waals surface area contributed by atoms with Gasteiger partial charge < -0.3 is 0 Å². The lowest BCUT2D eigenvalue weighted by Gasteiger charge is -2.35. The quantitative estimate of drug-likeness (QED) is 0.0694. The molecule has 6 heteroatoms. The Morgan fingerprint density at radius 2 is 0.488 bits per heavy atom. The van der Waals surface area contributed by atoms with Gasteiger partial charge in [-0.3, -0.25) is 19.2 Å². The van der Waals surface area contributed by atoms with Crippen molar-refractivity contribution in [2.75, 3.05) is 9.80 Å². The van der Waals surface area contributed by atoms with E-state index in [9.17, 15) is 0 Å². The lowest BCUT2D eigenvalue weighted by atomic mass is 9.73. The third-order valence-corrected chi connectivity index (χ3v) is 18.8. The number of anilines is 2. The fourth-order valence-electron chi connectivity index (χ4n) is 14.9. The van der Waals surface area contributed by atoms with Gasteiger partial charge in [-0.1, -0.05) is 192 Å². The van der Waals surface area contributed by atoms with Crippen molar-refractivity contribution in [2.24, 2.45) is 0 Å². The second kappa shape index (κ2) is 20.9. The minimum Gasteiger partial charge on any atom is -0.268 e. The number of carbonyl (C=O) groups excluding carboxylic acids is 4. The molecule has 86 heavy (non-hydrogen) atoms. The lowest BCUT2D eigenvalue weighted by Crippen LogP contribution is -2.41. The zero-order valence-corrected chi connectivity index (χ0v) is 52.0. The van der Waals surface area contributed by atoms with Crippen molar-refractivity contribution in [3.05, 3.63) is 224 Å². The molecule has 13 rings (SSSR count). The van der Waals surface area contributed by atoms with E-state index in [0.717, 1.165) is 121 Å². The molecule has 0 spiro atoms. The molecule has 0 unspecified atom stereocenters. The van der Waals surface area contributed by atoms with Crippen LogP contribution in [0.25, 0.3) is 87.6 Å². The Balaban J connectivity index is 1.39. The minimum absolute atomic E-state index is 0.0522. The van der Waals surface area contributed by atoms with Crippen LogP contribution in [0.15, 0.2) is 158 Å². The molecule has 0 aromatic heterocycles. The van der Waals surface area contributed by atoms with Crippen LogP contribution >= 0.6 is 0 Å². The first-order chi connectivity index (χ1) is 41.2. The summed E-state index contributed by atoms with van der Waals surface area (Å²) in [7, 11) is 0. The predicted octanol–water partition coefficient (Wildman–Crippen LogP) is 21.4. The first-order valence-electron chi connectivity index (χ1n) is 30.9. The maximum Gasteiger partial charge on any atom is 0.266 e. The van der Waals surface area contributed by atoms with Gasteiger partial charge in [-0.15, -0.1) is 0 Å². The van der Waals surface area contributed by atoms with E-state index >= 15 is 19.2 Å². The zero-order valence-electron chi connectivity index (χ0n) is 52.0. The topological polar surface area (TPSA) is 74.8 Å². The van der Waals surface area contributed by atoms with E-state index in [1.54, 1.807) is 0 Å². The zero-order chi connectivity index (χ0) is 60.6. The van der Waals surface area contributed by atoms with Crippen LogP contribution in [-0.2, 0) is 0 Å². The molecule has 0 radical (unpaired) electrons. The Morgan fingerprint density at radius 3 is 0.744 bits per heavy atom. The number of nitrogens with zero attached hydrogens (tertiary/aromatic N) is 2. The maximum atomic E-state index is 16.6. The van der Waals surface area contributed by atoms with Crippen LogP contribution in [0.2, 0.25) is 0 Å². The maximum absolute atomic E-state index is 16.6. The second-order valence-corrected chi connectivity index (χ2v) is 26.1. The molecule has 2 aliphatic rings. The summed E-state index contributed by atoms with van der Waals surface area (Å²) in [6.07, 6.45) is 0. The van der Waals surface area contributed by atoms with Crippen LogP contribution < -0.4 is 9.80 Å². The molecule has 0 N–H and O–H groups in total. The van der Waals surface area contributed by atoms with Crippen molar-refractivity contribution in [3.8, 4) is 44.5 Å². The van der Waals surface area contributed by atoms with Crippen molar-refractivity contribution < 1.29 is 19.2 Å². The predicted molar refractivity (Wildman–Crippen MR) is 359 cm³/mol. The third kappa shape index (κ3) is 8.26. The molecule has 2 aliphatic heterocycles. The number of carbonyl (C=O) groups is 4. The highest BCUT2D eigenvalue weighted by Crippen LogP contribution is 2.57. The van der Waals surface area contributed by atoms with E-state index in [0.29, 0.717) is 44.4 Å². The summed E-state index contributed by atoms with van der Waals surface area (Å²) in [5.41, 5.74) is 18.2. The number of hydrogen-bond donors (Lipinski definition) is 0.